The van der Waals surface area contributed by atoms with Crippen molar-refractivity contribution in [3.05, 3.63) is 28.8 Å². The van der Waals surface area contributed by atoms with Crippen molar-refractivity contribution in [1.29, 1.82) is 0 Å². The number of nitrogens with one attached hydrogen (secondary N) is 3. The first kappa shape index (κ1) is 14.8. The third-order valence-corrected chi connectivity index (χ3v) is 3.94. The third-order valence-electron chi connectivity index (χ3n) is 3.61. The summed E-state index contributed by atoms with van der Waals surface area (Å²) in [5.41, 5.74) is 0.514. The van der Waals surface area contributed by atoms with Crippen LogP contribution in [0.4, 0.5) is 5.69 Å². The molecular formula is C14H18ClN3O2. The SMILES string of the molecule is CNC(=O)c1cc(NC(=O)C2(C)CCNC2)ccc1Cl. The van der Waals surface area contributed by atoms with E-state index in [4.69, 9.17) is 11.6 Å². The zero-order valence-corrected chi connectivity index (χ0v) is 12.3. The fourth-order valence-corrected chi connectivity index (χ4v) is 2.41. The highest BCUT2D eigenvalue weighted by Crippen LogP contribution is 2.27. The molecule has 20 heavy (non-hydrogen) atoms. The lowest BCUT2D eigenvalue weighted by Gasteiger charge is -2.21. The molecule has 0 aliphatic carbocycles. The number of carbonyl (C=O) groups excluding carboxylic acids is 2. The predicted octanol–water partition coefficient (Wildman–Crippen LogP) is 1.64. The average Bonchev–Trinajstić information content (AvgIpc) is 2.88. The van der Waals surface area contributed by atoms with Crippen molar-refractivity contribution in [2.75, 3.05) is 25.5 Å². The molecule has 1 heterocycles. The van der Waals surface area contributed by atoms with E-state index in [-0.39, 0.29) is 11.8 Å². The van der Waals surface area contributed by atoms with Gasteiger partial charge < -0.3 is 16.0 Å². The Morgan fingerprint density at radius 2 is 2.15 bits per heavy atom. The van der Waals surface area contributed by atoms with Gasteiger partial charge in [-0.25, -0.2) is 0 Å². The maximum atomic E-state index is 12.3. The molecule has 2 rings (SSSR count). The lowest BCUT2D eigenvalue weighted by Crippen LogP contribution is -2.35. The van der Waals surface area contributed by atoms with Crippen LogP contribution < -0.4 is 16.0 Å². The van der Waals surface area contributed by atoms with E-state index in [2.05, 4.69) is 16.0 Å². The highest BCUT2D eigenvalue weighted by Gasteiger charge is 2.36. The largest absolute Gasteiger partial charge is 0.355 e. The molecule has 0 radical (unpaired) electrons. The van der Waals surface area contributed by atoms with Crippen LogP contribution in [-0.4, -0.2) is 32.0 Å². The molecular weight excluding hydrogens is 278 g/mol. The number of anilines is 1. The number of hydrogen-bond acceptors (Lipinski definition) is 3. The molecule has 1 unspecified atom stereocenters. The Balaban J connectivity index is 2.17. The van der Waals surface area contributed by atoms with Crippen molar-refractivity contribution in [3.8, 4) is 0 Å². The lowest BCUT2D eigenvalue weighted by atomic mass is 9.88. The fraction of sp³-hybridized carbons (Fsp3) is 0.429. The Labute approximate surface area is 123 Å². The Bertz CT molecular complexity index is 539. The second kappa shape index (κ2) is 5.81. The minimum Gasteiger partial charge on any atom is -0.355 e. The van der Waals surface area contributed by atoms with Crippen LogP contribution in [0.15, 0.2) is 18.2 Å². The van der Waals surface area contributed by atoms with Crippen LogP contribution in [0.3, 0.4) is 0 Å². The van der Waals surface area contributed by atoms with E-state index in [1.807, 2.05) is 6.92 Å². The van der Waals surface area contributed by atoms with Gasteiger partial charge in [-0.3, -0.25) is 9.59 Å². The van der Waals surface area contributed by atoms with Gasteiger partial charge in [-0.05, 0) is 38.1 Å². The zero-order chi connectivity index (χ0) is 14.8. The number of halogens is 1. The molecule has 0 saturated carbocycles. The first-order chi connectivity index (χ1) is 9.46. The second-order valence-corrected chi connectivity index (χ2v) is 5.62. The summed E-state index contributed by atoms with van der Waals surface area (Å²) in [4.78, 5) is 24.0. The molecule has 6 heteroatoms. The maximum absolute atomic E-state index is 12.3. The number of rotatable bonds is 3. The van der Waals surface area contributed by atoms with E-state index < -0.39 is 5.41 Å². The van der Waals surface area contributed by atoms with Gasteiger partial charge in [0.05, 0.1) is 16.0 Å². The highest BCUT2D eigenvalue weighted by molar-refractivity contribution is 6.34. The monoisotopic (exact) mass is 295 g/mol. The van der Waals surface area contributed by atoms with Crippen molar-refractivity contribution in [2.45, 2.75) is 13.3 Å². The van der Waals surface area contributed by atoms with Crippen molar-refractivity contribution < 1.29 is 9.59 Å². The summed E-state index contributed by atoms with van der Waals surface area (Å²) in [7, 11) is 1.54. The van der Waals surface area contributed by atoms with Gasteiger partial charge in [0.15, 0.2) is 0 Å². The molecule has 0 bridgehead atoms. The number of hydrogen-bond donors (Lipinski definition) is 3. The summed E-state index contributed by atoms with van der Waals surface area (Å²) in [6.07, 6.45) is 0.800. The van der Waals surface area contributed by atoms with Gasteiger partial charge in [-0.2, -0.15) is 0 Å². The molecule has 3 N–H and O–H groups in total. The fourth-order valence-electron chi connectivity index (χ4n) is 2.20. The van der Waals surface area contributed by atoms with Crippen LogP contribution in [0.25, 0.3) is 0 Å². The molecule has 1 fully saturated rings. The summed E-state index contributed by atoms with van der Waals surface area (Å²) in [6, 6.07) is 4.89. The topological polar surface area (TPSA) is 70.2 Å². The second-order valence-electron chi connectivity index (χ2n) is 5.22. The molecule has 1 atom stereocenters. The molecule has 0 spiro atoms. The first-order valence-electron chi connectivity index (χ1n) is 6.50. The zero-order valence-electron chi connectivity index (χ0n) is 11.5. The molecule has 1 saturated heterocycles. The van der Waals surface area contributed by atoms with Crippen LogP contribution in [-0.2, 0) is 4.79 Å². The van der Waals surface area contributed by atoms with E-state index >= 15 is 0 Å². The van der Waals surface area contributed by atoms with E-state index in [0.717, 1.165) is 13.0 Å². The quantitative estimate of drug-likeness (QED) is 0.794. The molecule has 108 valence electrons. The van der Waals surface area contributed by atoms with E-state index in [1.54, 1.807) is 18.2 Å². The molecule has 1 aliphatic rings. The summed E-state index contributed by atoms with van der Waals surface area (Å²) >= 11 is 5.98. The van der Waals surface area contributed by atoms with Crippen LogP contribution >= 0.6 is 11.6 Å². The van der Waals surface area contributed by atoms with Gasteiger partial charge in [0, 0.05) is 19.3 Å². The third kappa shape index (κ3) is 2.94. The van der Waals surface area contributed by atoms with E-state index in [9.17, 15) is 9.59 Å². The highest BCUT2D eigenvalue weighted by atomic mass is 35.5. The minimum atomic E-state index is -0.410. The minimum absolute atomic E-state index is 0.0484. The van der Waals surface area contributed by atoms with E-state index in [1.165, 1.54) is 7.05 Å². The lowest BCUT2D eigenvalue weighted by molar-refractivity contribution is -0.123. The molecule has 5 nitrogen and oxygen atoms in total. The van der Waals surface area contributed by atoms with Crippen molar-refractivity contribution in [1.82, 2.24) is 10.6 Å². The van der Waals surface area contributed by atoms with Crippen LogP contribution in [0.5, 0.6) is 0 Å². The van der Waals surface area contributed by atoms with Crippen molar-refractivity contribution >= 4 is 29.1 Å². The van der Waals surface area contributed by atoms with E-state index in [0.29, 0.717) is 22.8 Å². The van der Waals surface area contributed by atoms with Crippen LogP contribution in [0.2, 0.25) is 5.02 Å². The molecule has 0 aromatic heterocycles. The number of carbonyl (C=O) groups is 2. The molecule has 1 aliphatic heterocycles. The summed E-state index contributed by atoms with van der Waals surface area (Å²) in [5.74, 6) is -0.326. The Kier molecular flexibility index (Phi) is 4.30. The summed E-state index contributed by atoms with van der Waals surface area (Å²) < 4.78 is 0. The maximum Gasteiger partial charge on any atom is 0.252 e. The molecule has 1 aromatic carbocycles. The average molecular weight is 296 g/mol. The smallest absolute Gasteiger partial charge is 0.252 e. The van der Waals surface area contributed by atoms with Gasteiger partial charge >= 0.3 is 0 Å². The predicted molar refractivity (Wildman–Crippen MR) is 79.1 cm³/mol. The standard InChI is InChI=1S/C14H18ClN3O2/c1-14(5-6-17-8-14)13(20)18-9-3-4-11(15)10(7-9)12(19)16-2/h3-4,7,17H,5-6,8H2,1-2H3,(H,16,19)(H,18,20). The van der Waals surface area contributed by atoms with Crippen LogP contribution in [0, 0.1) is 5.41 Å². The number of benzene rings is 1. The molecule has 1 aromatic rings. The molecule has 2 amide bonds. The van der Waals surface area contributed by atoms with Crippen molar-refractivity contribution in [3.63, 3.8) is 0 Å². The normalized spacial score (nSPS) is 21.6. The Hall–Kier alpha value is -1.59. The van der Waals surface area contributed by atoms with Crippen molar-refractivity contribution in [2.24, 2.45) is 5.41 Å². The Morgan fingerprint density at radius 1 is 1.40 bits per heavy atom. The van der Waals surface area contributed by atoms with Crippen LogP contribution in [0.1, 0.15) is 23.7 Å². The van der Waals surface area contributed by atoms with Gasteiger partial charge in [-0.1, -0.05) is 11.6 Å². The first-order valence-corrected chi connectivity index (χ1v) is 6.88. The van der Waals surface area contributed by atoms with Gasteiger partial charge in [0.2, 0.25) is 5.91 Å². The summed E-state index contributed by atoms with van der Waals surface area (Å²) in [6.45, 7) is 3.43. The van der Waals surface area contributed by atoms with Gasteiger partial charge in [-0.15, -0.1) is 0 Å². The van der Waals surface area contributed by atoms with Gasteiger partial charge in [0.25, 0.3) is 5.91 Å². The number of amides is 2. The van der Waals surface area contributed by atoms with Gasteiger partial charge in [0.1, 0.15) is 0 Å². The summed E-state index contributed by atoms with van der Waals surface area (Å²) in [5, 5.41) is 8.91. The Morgan fingerprint density at radius 3 is 2.75 bits per heavy atom.